The van der Waals surface area contributed by atoms with E-state index in [-0.39, 0.29) is 0 Å². The molecule has 0 unspecified atom stereocenters. The second-order valence-corrected chi connectivity index (χ2v) is 4.63. The summed E-state index contributed by atoms with van der Waals surface area (Å²) in [4.78, 5) is 0. The molecule has 2 rings (SSSR count). The molecule has 0 fully saturated rings. The maximum Gasteiger partial charge on any atom is 0.0722 e. The summed E-state index contributed by atoms with van der Waals surface area (Å²) in [6.07, 6.45) is 0. The lowest BCUT2D eigenvalue weighted by Crippen LogP contribution is -1.96. The molecule has 2 aromatic rings. The molecule has 0 aliphatic rings. The molecule has 0 radical (unpaired) electrons. The van der Waals surface area contributed by atoms with Gasteiger partial charge in [0, 0.05) is 13.2 Å². The molecular weight excluding hydrogens is 248 g/mol. The Balaban J connectivity index is 2.26. The Morgan fingerprint density at radius 3 is 2.35 bits per heavy atom. The first kappa shape index (κ1) is 14.8. The van der Waals surface area contributed by atoms with Crippen LogP contribution in [-0.2, 0) is 22.7 Å². The first-order chi connectivity index (χ1) is 9.85. The lowest BCUT2D eigenvalue weighted by atomic mass is 9.98. The minimum atomic E-state index is 0.655. The molecule has 0 saturated carbocycles. The molecule has 20 heavy (non-hydrogen) atoms. The van der Waals surface area contributed by atoms with Crippen molar-refractivity contribution in [2.75, 3.05) is 13.2 Å². The second kappa shape index (κ2) is 7.83. The van der Waals surface area contributed by atoms with E-state index < -0.39 is 0 Å². The van der Waals surface area contributed by atoms with Crippen LogP contribution < -0.4 is 0 Å². The number of rotatable bonds is 7. The predicted octanol–water partition coefficient (Wildman–Crippen LogP) is 4.43. The number of benzene rings is 2. The van der Waals surface area contributed by atoms with Crippen LogP contribution in [0.2, 0.25) is 0 Å². The topological polar surface area (TPSA) is 18.5 Å². The maximum atomic E-state index is 5.55. The quantitative estimate of drug-likeness (QED) is 0.741. The van der Waals surface area contributed by atoms with Crippen LogP contribution in [0.1, 0.15) is 25.0 Å². The summed E-state index contributed by atoms with van der Waals surface area (Å²) >= 11 is 0. The standard InChI is InChI=1S/C18H22O2/c1-3-19-13-15-8-7-10-16(12-15)18-11-6-5-9-17(18)14-20-4-2/h5-12H,3-4,13-14H2,1-2H3. The van der Waals surface area contributed by atoms with Crippen molar-refractivity contribution in [1.29, 1.82) is 0 Å². The van der Waals surface area contributed by atoms with Gasteiger partial charge in [-0.3, -0.25) is 0 Å². The van der Waals surface area contributed by atoms with Gasteiger partial charge in [0.1, 0.15) is 0 Å². The smallest absolute Gasteiger partial charge is 0.0722 e. The molecule has 0 amide bonds. The van der Waals surface area contributed by atoms with Gasteiger partial charge in [0.2, 0.25) is 0 Å². The normalized spacial score (nSPS) is 10.7. The van der Waals surface area contributed by atoms with Crippen molar-refractivity contribution in [3.8, 4) is 11.1 Å². The fourth-order valence-corrected chi connectivity index (χ4v) is 2.19. The summed E-state index contributed by atoms with van der Waals surface area (Å²) < 4.78 is 11.0. The lowest BCUT2D eigenvalue weighted by molar-refractivity contribution is 0.134. The van der Waals surface area contributed by atoms with Crippen LogP contribution in [0.5, 0.6) is 0 Å². The summed E-state index contributed by atoms with van der Waals surface area (Å²) in [6.45, 7) is 6.83. The van der Waals surface area contributed by atoms with Crippen molar-refractivity contribution < 1.29 is 9.47 Å². The molecule has 106 valence electrons. The van der Waals surface area contributed by atoms with Gasteiger partial charge in [-0.1, -0.05) is 42.5 Å². The number of hydrogen-bond donors (Lipinski definition) is 0. The van der Waals surface area contributed by atoms with Gasteiger partial charge in [-0.2, -0.15) is 0 Å². The minimum absolute atomic E-state index is 0.655. The molecule has 0 saturated heterocycles. The van der Waals surface area contributed by atoms with E-state index in [0.29, 0.717) is 13.2 Å². The Labute approximate surface area is 121 Å². The van der Waals surface area contributed by atoms with Crippen molar-refractivity contribution in [2.45, 2.75) is 27.1 Å². The molecule has 0 atom stereocenters. The molecule has 2 nitrogen and oxygen atoms in total. The van der Waals surface area contributed by atoms with Crippen LogP contribution in [0.15, 0.2) is 48.5 Å². The third-order valence-corrected chi connectivity index (χ3v) is 3.19. The third-order valence-electron chi connectivity index (χ3n) is 3.19. The Bertz CT molecular complexity index is 534. The molecule has 0 aliphatic heterocycles. The Hall–Kier alpha value is -1.64. The number of ether oxygens (including phenoxy) is 2. The van der Waals surface area contributed by atoms with Crippen molar-refractivity contribution in [3.05, 3.63) is 59.7 Å². The summed E-state index contributed by atoms with van der Waals surface area (Å²) in [7, 11) is 0. The van der Waals surface area contributed by atoms with Crippen LogP contribution in [0.3, 0.4) is 0 Å². The molecule has 0 aliphatic carbocycles. The van der Waals surface area contributed by atoms with E-state index in [1.54, 1.807) is 0 Å². The first-order valence-corrected chi connectivity index (χ1v) is 7.17. The summed E-state index contributed by atoms with van der Waals surface area (Å²) in [5.74, 6) is 0. The zero-order valence-electron chi connectivity index (χ0n) is 12.3. The van der Waals surface area contributed by atoms with Gasteiger partial charge in [-0.25, -0.2) is 0 Å². The van der Waals surface area contributed by atoms with Gasteiger partial charge >= 0.3 is 0 Å². The molecule has 0 heterocycles. The zero-order chi connectivity index (χ0) is 14.2. The van der Waals surface area contributed by atoms with Gasteiger partial charge in [0.05, 0.1) is 13.2 Å². The van der Waals surface area contributed by atoms with Gasteiger partial charge < -0.3 is 9.47 Å². The fourth-order valence-electron chi connectivity index (χ4n) is 2.19. The van der Waals surface area contributed by atoms with E-state index in [2.05, 4.69) is 48.5 Å². The maximum absolute atomic E-state index is 5.55. The van der Waals surface area contributed by atoms with Crippen molar-refractivity contribution in [3.63, 3.8) is 0 Å². The summed E-state index contributed by atoms with van der Waals surface area (Å²) in [5.41, 5.74) is 4.88. The Kier molecular flexibility index (Phi) is 5.78. The van der Waals surface area contributed by atoms with Crippen molar-refractivity contribution in [2.24, 2.45) is 0 Å². The molecule has 2 aromatic carbocycles. The Morgan fingerprint density at radius 1 is 0.800 bits per heavy atom. The summed E-state index contributed by atoms with van der Waals surface area (Å²) in [5, 5.41) is 0. The molecule has 0 spiro atoms. The highest BCUT2D eigenvalue weighted by Gasteiger charge is 2.05. The highest BCUT2D eigenvalue weighted by Crippen LogP contribution is 2.25. The predicted molar refractivity (Wildman–Crippen MR) is 82.5 cm³/mol. The van der Waals surface area contributed by atoms with Crippen molar-refractivity contribution in [1.82, 2.24) is 0 Å². The van der Waals surface area contributed by atoms with Gasteiger partial charge in [0.25, 0.3) is 0 Å². The average Bonchev–Trinajstić information content (AvgIpc) is 2.51. The molecular formula is C18H22O2. The first-order valence-electron chi connectivity index (χ1n) is 7.17. The third kappa shape index (κ3) is 3.92. The van der Waals surface area contributed by atoms with Gasteiger partial charge in [-0.05, 0) is 42.2 Å². The minimum Gasteiger partial charge on any atom is -0.377 e. The highest BCUT2D eigenvalue weighted by atomic mass is 16.5. The molecule has 0 N–H and O–H groups in total. The van der Waals surface area contributed by atoms with Crippen LogP contribution in [0.25, 0.3) is 11.1 Å². The van der Waals surface area contributed by atoms with E-state index in [1.807, 2.05) is 13.8 Å². The van der Waals surface area contributed by atoms with E-state index in [4.69, 9.17) is 9.47 Å². The van der Waals surface area contributed by atoms with Crippen LogP contribution in [0, 0.1) is 0 Å². The molecule has 2 heteroatoms. The van der Waals surface area contributed by atoms with Crippen LogP contribution >= 0.6 is 0 Å². The van der Waals surface area contributed by atoms with E-state index in [0.717, 1.165) is 13.2 Å². The lowest BCUT2D eigenvalue weighted by Gasteiger charge is -2.11. The van der Waals surface area contributed by atoms with Crippen LogP contribution in [-0.4, -0.2) is 13.2 Å². The largest absolute Gasteiger partial charge is 0.377 e. The molecule has 0 aromatic heterocycles. The Morgan fingerprint density at radius 2 is 1.55 bits per heavy atom. The molecule has 0 bridgehead atoms. The number of hydrogen-bond acceptors (Lipinski definition) is 2. The van der Waals surface area contributed by atoms with E-state index in [1.165, 1.54) is 22.3 Å². The van der Waals surface area contributed by atoms with Crippen LogP contribution in [0.4, 0.5) is 0 Å². The SMILES string of the molecule is CCOCc1cccc(-c2ccccc2COCC)c1. The van der Waals surface area contributed by atoms with Crippen molar-refractivity contribution >= 4 is 0 Å². The van der Waals surface area contributed by atoms with Gasteiger partial charge in [0.15, 0.2) is 0 Å². The van der Waals surface area contributed by atoms with Gasteiger partial charge in [-0.15, -0.1) is 0 Å². The average molecular weight is 270 g/mol. The monoisotopic (exact) mass is 270 g/mol. The van der Waals surface area contributed by atoms with E-state index >= 15 is 0 Å². The second-order valence-electron chi connectivity index (χ2n) is 4.63. The highest BCUT2D eigenvalue weighted by molar-refractivity contribution is 5.67. The summed E-state index contributed by atoms with van der Waals surface area (Å²) in [6, 6.07) is 16.9. The van der Waals surface area contributed by atoms with E-state index in [9.17, 15) is 0 Å². The zero-order valence-corrected chi connectivity index (χ0v) is 12.3. The fraction of sp³-hybridized carbons (Fsp3) is 0.333.